The van der Waals surface area contributed by atoms with Gasteiger partial charge in [0.25, 0.3) is 0 Å². The van der Waals surface area contributed by atoms with Crippen molar-refractivity contribution in [3.63, 3.8) is 0 Å². The number of unbranched alkanes of at least 4 members (excludes halogenated alkanes) is 3. The third-order valence-electron chi connectivity index (χ3n) is 2.80. The molecular formula is C13H28O. The molecule has 0 aliphatic rings. The molecule has 1 atom stereocenters. The average Bonchev–Trinajstić information content (AvgIpc) is 2.09. The maximum absolute atomic E-state index is 9.57. The van der Waals surface area contributed by atoms with Crippen LogP contribution in [0.1, 0.15) is 66.2 Å². The standard InChI is InChI=1S/C13H28O/c1-11(2)9-7-5-6-8-10-13(14)12(3)4/h11-14H,5-10H2,1-4H3. The second-order valence-electron chi connectivity index (χ2n) is 5.20. The van der Waals surface area contributed by atoms with Gasteiger partial charge in [-0.3, -0.25) is 0 Å². The van der Waals surface area contributed by atoms with Crippen LogP contribution in [0.15, 0.2) is 0 Å². The fourth-order valence-corrected chi connectivity index (χ4v) is 1.59. The molecule has 1 unspecified atom stereocenters. The predicted molar refractivity (Wildman–Crippen MR) is 63.4 cm³/mol. The van der Waals surface area contributed by atoms with E-state index in [0.29, 0.717) is 5.92 Å². The van der Waals surface area contributed by atoms with Crippen molar-refractivity contribution in [3.05, 3.63) is 0 Å². The first-order valence-electron chi connectivity index (χ1n) is 6.22. The minimum Gasteiger partial charge on any atom is -0.393 e. The van der Waals surface area contributed by atoms with Crippen LogP contribution in [-0.2, 0) is 0 Å². The average molecular weight is 200 g/mol. The molecule has 0 aromatic rings. The SMILES string of the molecule is CC(C)CCCCCCC(O)C(C)C. The van der Waals surface area contributed by atoms with Crippen LogP contribution >= 0.6 is 0 Å². The summed E-state index contributed by atoms with van der Waals surface area (Å²) in [7, 11) is 0. The maximum atomic E-state index is 9.57. The van der Waals surface area contributed by atoms with Crippen molar-refractivity contribution in [1.29, 1.82) is 0 Å². The molecule has 0 saturated heterocycles. The van der Waals surface area contributed by atoms with E-state index in [-0.39, 0.29) is 6.10 Å². The van der Waals surface area contributed by atoms with E-state index in [4.69, 9.17) is 0 Å². The van der Waals surface area contributed by atoms with E-state index in [1.54, 1.807) is 0 Å². The first-order valence-corrected chi connectivity index (χ1v) is 6.22. The number of rotatable bonds is 8. The Labute approximate surface area is 89.9 Å². The molecule has 1 N–H and O–H groups in total. The molecule has 86 valence electrons. The van der Waals surface area contributed by atoms with Crippen LogP contribution in [0.4, 0.5) is 0 Å². The summed E-state index contributed by atoms with van der Waals surface area (Å²) in [5, 5.41) is 9.57. The lowest BCUT2D eigenvalue weighted by Gasteiger charge is -2.13. The highest BCUT2D eigenvalue weighted by molar-refractivity contribution is 4.59. The van der Waals surface area contributed by atoms with Crippen LogP contribution in [-0.4, -0.2) is 11.2 Å². The second kappa shape index (κ2) is 8.28. The predicted octanol–water partition coefficient (Wildman–Crippen LogP) is 4.00. The Morgan fingerprint density at radius 1 is 0.786 bits per heavy atom. The summed E-state index contributed by atoms with van der Waals surface area (Å²) in [6.45, 7) is 8.73. The van der Waals surface area contributed by atoms with Crippen molar-refractivity contribution in [2.24, 2.45) is 11.8 Å². The van der Waals surface area contributed by atoms with Gasteiger partial charge in [-0.2, -0.15) is 0 Å². The van der Waals surface area contributed by atoms with Gasteiger partial charge in [0.2, 0.25) is 0 Å². The normalized spacial score (nSPS) is 13.9. The molecule has 0 aromatic carbocycles. The van der Waals surface area contributed by atoms with Gasteiger partial charge >= 0.3 is 0 Å². The van der Waals surface area contributed by atoms with Gasteiger partial charge in [0.05, 0.1) is 6.10 Å². The largest absolute Gasteiger partial charge is 0.393 e. The fraction of sp³-hybridized carbons (Fsp3) is 1.00. The summed E-state index contributed by atoms with van der Waals surface area (Å²) < 4.78 is 0. The Bertz CT molecular complexity index is 118. The first kappa shape index (κ1) is 14.0. The molecule has 0 radical (unpaired) electrons. The van der Waals surface area contributed by atoms with Gasteiger partial charge in [-0.1, -0.05) is 59.8 Å². The van der Waals surface area contributed by atoms with Gasteiger partial charge in [-0.25, -0.2) is 0 Å². The van der Waals surface area contributed by atoms with E-state index in [1.807, 2.05) is 0 Å². The molecule has 0 saturated carbocycles. The third-order valence-corrected chi connectivity index (χ3v) is 2.80. The molecule has 0 amide bonds. The lowest BCUT2D eigenvalue weighted by Crippen LogP contribution is -2.13. The number of aliphatic hydroxyl groups is 1. The number of hydrogen-bond acceptors (Lipinski definition) is 1. The zero-order chi connectivity index (χ0) is 11.0. The molecule has 0 rings (SSSR count). The van der Waals surface area contributed by atoms with Crippen LogP contribution in [0, 0.1) is 11.8 Å². The highest BCUT2D eigenvalue weighted by atomic mass is 16.3. The molecule has 1 nitrogen and oxygen atoms in total. The summed E-state index contributed by atoms with van der Waals surface area (Å²) in [6.07, 6.45) is 7.43. The highest BCUT2D eigenvalue weighted by Gasteiger charge is 2.07. The van der Waals surface area contributed by atoms with Crippen LogP contribution in [0.3, 0.4) is 0 Å². The second-order valence-corrected chi connectivity index (χ2v) is 5.20. The molecule has 0 spiro atoms. The van der Waals surface area contributed by atoms with Crippen molar-refractivity contribution in [2.45, 2.75) is 72.3 Å². The number of aliphatic hydroxyl groups excluding tert-OH is 1. The van der Waals surface area contributed by atoms with Gasteiger partial charge < -0.3 is 5.11 Å². The topological polar surface area (TPSA) is 20.2 Å². The Balaban J connectivity index is 3.13. The minimum atomic E-state index is -0.0832. The van der Waals surface area contributed by atoms with Crippen LogP contribution < -0.4 is 0 Å². The van der Waals surface area contributed by atoms with Crippen molar-refractivity contribution in [3.8, 4) is 0 Å². The molecule has 0 fully saturated rings. The van der Waals surface area contributed by atoms with Crippen LogP contribution in [0.25, 0.3) is 0 Å². The molecule has 1 heteroatoms. The van der Waals surface area contributed by atoms with Crippen molar-refractivity contribution in [2.75, 3.05) is 0 Å². The van der Waals surface area contributed by atoms with E-state index < -0.39 is 0 Å². The zero-order valence-electron chi connectivity index (χ0n) is 10.4. The van der Waals surface area contributed by atoms with E-state index >= 15 is 0 Å². The molecule has 0 aliphatic heterocycles. The Kier molecular flexibility index (Phi) is 8.26. The number of hydrogen-bond donors (Lipinski definition) is 1. The van der Waals surface area contributed by atoms with E-state index in [2.05, 4.69) is 27.7 Å². The summed E-state index contributed by atoms with van der Waals surface area (Å²) in [5.74, 6) is 1.27. The Morgan fingerprint density at radius 3 is 1.71 bits per heavy atom. The third kappa shape index (κ3) is 8.55. The summed E-state index contributed by atoms with van der Waals surface area (Å²) in [6, 6.07) is 0. The van der Waals surface area contributed by atoms with Crippen molar-refractivity contribution in [1.82, 2.24) is 0 Å². The van der Waals surface area contributed by atoms with Gasteiger partial charge in [-0.15, -0.1) is 0 Å². The zero-order valence-corrected chi connectivity index (χ0v) is 10.4. The van der Waals surface area contributed by atoms with Crippen molar-refractivity contribution < 1.29 is 5.11 Å². The first-order chi connectivity index (χ1) is 6.54. The molecular weight excluding hydrogens is 172 g/mol. The minimum absolute atomic E-state index is 0.0832. The van der Waals surface area contributed by atoms with E-state index in [9.17, 15) is 5.11 Å². The summed E-state index contributed by atoms with van der Waals surface area (Å²) >= 11 is 0. The maximum Gasteiger partial charge on any atom is 0.0563 e. The molecule has 0 aliphatic carbocycles. The smallest absolute Gasteiger partial charge is 0.0563 e. The van der Waals surface area contributed by atoms with E-state index in [1.165, 1.54) is 32.1 Å². The lowest BCUT2D eigenvalue weighted by atomic mass is 9.99. The molecule has 0 heterocycles. The van der Waals surface area contributed by atoms with E-state index in [0.717, 1.165) is 12.3 Å². The van der Waals surface area contributed by atoms with Gasteiger partial charge in [0, 0.05) is 0 Å². The van der Waals surface area contributed by atoms with Gasteiger partial charge in [-0.05, 0) is 18.3 Å². The van der Waals surface area contributed by atoms with Gasteiger partial charge in [0.1, 0.15) is 0 Å². The monoisotopic (exact) mass is 200 g/mol. The molecule has 0 bridgehead atoms. The van der Waals surface area contributed by atoms with Crippen LogP contribution in [0.5, 0.6) is 0 Å². The Hall–Kier alpha value is -0.0400. The fourth-order valence-electron chi connectivity index (χ4n) is 1.59. The summed E-state index contributed by atoms with van der Waals surface area (Å²) in [5.41, 5.74) is 0. The van der Waals surface area contributed by atoms with Crippen molar-refractivity contribution >= 4 is 0 Å². The summed E-state index contributed by atoms with van der Waals surface area (Å²) in [4.78, 5) is 0. The molecule has 0 aromatic heterocycles. The quantitative estimate of drug-likeness (QED) is 0.587. The van der Waals surface area contributed by atoms with Crippen LogP contribution in [0.2, 0.25) is 0 Å². The molecule has 14 heavy (non-hydrogen) atoms. The highest BCUT2D eigenvalue weighted by Crippen LogP contribution is 2.13. The van der Waals surface area contributed by atoms with Gasteiger partial charge in [0.15, 0.2) is 0 Å². The Morgan fingerprint density at radius 2 is 1.29 bits per heavy atom. The lowest BCUT2D eigenvalue weighted by molar-refractivity contribution is 0.113.